The predicted octanol–water partition coefficient (Wildman–Crippen LogP) is 5.33. The summed E-state index contributed by atoms with van der Waals surface area (Å²) < 4.78 is 0. The summed E-state index contributed by atoms with van der Waals surface area (Å²) in [5, 5.41) is 13.9. The zero-order valence-corrected chi connectivity index (χ0v) is 13.6. The van der Waals surface area contributed by atoms with Gasteiger partial charge in [-0.3, -0.25) is 0 Å². The zero-order chi connectivity index (χ0) is 14.7. The fourth-order valence-electron chi connectivity index (χ4n) is 4.48. The number of halogens is 2. The Hall–Kier alpha value is -0.600. The third kappa shape index (κ3) is 2.00. The molecule has 110 valence electrons. The predicted molar refractivity (Wildman–Crippen MR) is 84.8 cm³/mol. The number of rotatable bonds is 2. The van der Waals surface area contributed by atoms with Crippen LogP contribution in [0.5, 0.6) is 5.75 Å². The zero-order valence-electron chi connectivity index (χ0n) is 12.1. The van der Waals surface area contributed by atoms with Crippen LogP contribution in [0.3, 0.4) is 0 Å². The first-order chi connectivity index (χ1) is 9.24. The molecule has 0 spiro atoms. The number of phenolic OH excluding ortho intramolecular Hbond substituents is 1. The van der Waals surface area contributed by atoms with Gasteiger partial charge >= 0.3 is 0 Å². The van der Waals surface area contributed by atoms with E-state index in [4.69, 9.17) is 23.2 Å². The lowest BCUT2D eigenvalue weighted by atomic mass is 9.68. The van der Waals surface area contributed by atoms with Crippen molar-refractivity contribution in [3.63, 3.8) is 0 Å². The summed E-state index contributed by atoms with van der Waals surface area (Å²) in [5.41, 5.74) is 1.50. The number of fused-ring (bicyclic) bond motifs is 2. The quantitative estimate of drug-likeness (QED) is 0.724. The lowest BCUT2D eigenvalue weighted by molar-refractivity contribution is 0.155. The van der Waals surface area contributed by atoms with E-state index in [9.17, 15) is 5.11 Å². The molecule has 2 aliphatic carbocycles. The van der Waals surface area contributed by atoms with Crippen LogP contribution < -0.4 is 5.32 Å². The molecule has 4 heteroatoms. The third-order valence-electron chi connectivity index (χ3n) is 5.60. The van der Waals surface area contributed by atoms with Crippen molar-refractivity contribution >= 4 is 28.9 Å². The average molecular weight is 314 g/mol. The molecule has 0 aliphatic heterocycles. The Morgan fingerprint density at radius 1 is 1.20 bits per heavy atom. The molecular weight excluding hydrogens is 293 g/mol. The highest BCUT2D eigenvalue weighted by molar-refractivity contribution is 6.37. The lowest BCUT2D eigenvalue weighted by Crippen LogP contribution is -2.45. The van der Waals surface area contributed by atoms with Crippen LogP contribution in [0.4, 0.5) is 5.69 Å². The Morgan fingerprint density at radius 2 is 1.80 bits per heavy atom. The number of hydrogen-bond acceptors (Lipinski definition) is 2. The van der Waals surface area contributed by atoms with Gasteiger partial charge in [-0.2, -0.15) is 0 Å². The summed E-state index contributed by atoms with van der Waals surface area (Å²) in [5.74, 6) is 0.741. The Labute approximate surface area is 130 Å². The van der Waals surface area contributed by atoms with Crippen LogP contribution in [0.15, 0.2) is 12.1 Å². The molecule has 0 radical (unpaired) electrons. The van der Waals surface area contributed by atoms with Gasteiger partial charge in [0.25, 0.3) is 0 Å². The van der Waals surface area contributed by atoms with Crippen LogP contribution in [-0.4, -0.2) is 11.1 Å². The van der Waals surface area contributed by atoms with Crippen molar-refractivity contribution in [3.8, 4) is 5.75 Å². The first-order valence-electron chi connectivity index (χ1n) is 7.18. The number of aromatic hydroxyl groups is 1. The molecule has 3 unspecified atom stereocenters. The SMILES string of the molecule is CC12CCC(C1)C(C)(C)C2Nc1cc(Cl)c(O)c(Cl)c1. The van der Waals surface area contributed by atoms with Crippen molar-refractivity contribution < 1.29 is 5.11 Å². The monoisotopic (exact) mass is 313 g/mol. The summed E-state index contributed by atoms with van der Waals surface area (Å²) >= 11 is 12.0. The molecule has 2 N–H and O–H groups in total. The topological polar surface area (TPSA) is 32.3 Å². The van der Waals surface area contributed by atoms with E-state index in [1.54, 1.807) is 12.1 Å². The van der Waals surface area contributed by atoms with Crippen LogP contribution in [0.25, 0.3) is 0 Å². The highest BCUT2D eigenvalue weighted by Crippen LogP contribution is 2.63. The highest BCUT2D eigenvalue weighted by Gasteiger charge is 2.59. The Bertz CT molecular complexity index is 530. The largest absolute Gasteiger partial charge is 0.505 e. The minimum atomic E-state index is -0.0442. The summed E-state index contributed by atoms with van der Waals surface area (Å²) in [6.45, 7) is 7.08. The number of anilines is 1. The maximum Gasteiger partial charge on any atom is 0.152 e. The van der Waals surface area contributed by atoms with Crippen molar-refractivity contribution in [2.24, 2.45) is 16.7 Å². The Morgan fingerprint density at radius 3 is 2.30 bits per heavy atom. The molecular formula is C16H21Cl2NO. The molecule has 3 atom stereocenters. The number of nitrogens with one attached hydrogen (secondary N) is 1. The van der Waals surface area contributed by atoms with Gasteiger partial charge in [0.2, 0.25) is 0 Å². The maximum atomic E-state index is 9.66. The van der Waals surface area contributed by atoms with Crippen molar-refractivity contribution in [3.05, 3.63) is 22.2 Å². The normalized spacial score (nSPS) is 34.5. The van der Waals surface area contributed by atoms with Crippen molar-refractivity contribution in [1.82, 2.24) is 0 Å². The highest BCUT2D eigenvalue weighted by atomic mass is 35.5. The molecule has 0 saturated heterocycles. The lowest BCUT2D eigenvalue weighted by Gasteiger charge is -2.43. The number of phenols is 1. The van der Waals surface area contributed by atoms with E-state index < -0.39 is 0 Å². The van der Waals surface area contributed by atoms with Crippen molar-refractivity contribution in [2.75, 3.05) is 5.32 Å². The van der Waals surface area contributed by atoms with Crippen LogP contribution in [-0.2, 0) is 0 Å². The Kier molecular flexibility index (Phi) is 3.19. The molecule has 2 aliphatic rings. The molecule has 1 aromatic carbocycles. The second-order valence-electron chi connectivity index (χ2n) is 7.28. The summed E-state index contributed by atoms with van der Waals surface area (Å²) in [6.07, 6.45) is 3.90. The van der Waals surface area contributed by atoms with Crippen LogP contribution >= 0.6 is 23.2 Å². The maximum absolute atomic E-state index is 9.66. The van der Waals surface area contributed by atoms with Crippen molar-refractivity contribution in [2.45, 2.75) is 46.1 Å². The minimum Gasteiger partial charge on any atom is -0.505 e. The number of hydrogen-bond donors (Lipinski definition) is 2. The van der Waals surface area contributed by atoms with Gasteiger partial charge in [0.05, 0.1) is 10.0 Å². The molecule has 0 heterocycles. The fourth-order valence-corrected chi connectivity index (χ4v) is 4.96. The molecule has 20 heavy (non-hydrogen) atoms. The van der Waals surface area contributed by atoms with E-state index in [-0.39, 0.29) is 11.2 Å². The van der Waals surface area contributed by atoms with E-state index in [2.05, 4.69) is 26.1 Å². The molecule has 0 aromatic heterocycles. The van der Waals surface area contributed by atoms with E-state index in [0.717, 1.165) is 11.6 Å². The van der Waals surface area contributed by atoms with Gasteiger partial charge in [-0.05, 0) is 48.1 Å². The smallest absolute Gasteiger partial charge is 0.152 e. The van der Waals surface area contributed by atoms with E-state index >= 15 is 0 Å². The molecule has 2 fully saturated rings. The minimum absolute atomic E-state index is 0.0442. The van der Waals surface area contributed by atoms with Crippen LogP contribution in [0.1, 0.15) is 40.0 Å². The van der Waals surface area contributed by atoms with Crippen molar-refractivity contribution in [1.29, 1.82) is 0 Å². The molecule has 3 rings (SSSR count). The van der Waals surface area contributed by atoms with Gasteiger partial charge in [0.15, 0.2) is 5.75 Å². The standard InChI is InChI=1S/C16H21Cl2NO/c1-15(2)9-4-5-16(3,8-9)14(15)19-10-6-11(17)13(20)12(18)7-10/h6-7,9,14,19-20H,4-5,8H2,1-3H3. The molecule has 2 saturated carbocycles. The van der Waals surface area contributed by atoms with E-state index in [1.165, 1.54) is 19.3 Å². The van der Waals surface area contributed by atoms with Gasteiger partial charge in [-0.1, -0.05) is 44.0 Å². The van der Waals surface area contributed by atoms with Crippen LogP contribution in [0.2, 0.25) is 10.0 Å². The van der Waals surface area contributed by atoms with Gasteiger partial charge in [-0.25, -0.2) is 0 Å². The fraction of sp³-hybridized carbons (Fsp3) is 0.625. The van der Waals surface area contributed by atoms with E-state index in [1.807, 2.05) is 0 Å². The van der Waals surface area contributed by atoms with Gasteiger partial charge in [-0.15, -0.1) is 0 Å². The molecule has 0 amide bonds. The Balaban J connectivity index is 1.91. The first kappa shape index (κ1) is 14.3. The average Bonchev–Trinajstić information content (AvgIpc) is 2.83. The summed E-state index contributed by atoms with van der Waals surface area (Å²) in [7, 11) is 0. The molecule has 2 bridgehead atoms. The van der Waals surface area contributed by atoms with Gasteiger partial charge < -0.3 is 10.4 Å². The van der Waals surface area contributed by atoms with E-state index in [0.29, 0.717) is 21.5 Å². The second kappa shape index (κ2) is 4.45. The first-order valence-corrected chi connectivity index (χ1v) is 7.94. The van der Waals surface area contributed by atoms with Gasteiger partial charge in [0, 0.05) is 11.7 Å². The van der Waals surface area contributed by atoms with Gasteiger partial charge in [0.1, 0.15) is 0 Å². The summed E-state index contributed by atoms with van der Waals surface area (Å²) in [6, 6.07) is 3.92. The third-order valence-corrected chi connectivity index (χ3v) is 6.17. The second-order valence-corrected chi connectivity index (χ2v) is 8.10. The molecule has 2 nitrogen and oxygen atoms in total. The summed E-state index contributed by atoms with van der Waals surface area (Å²) in [4.78, 5) is 0. The number of benzene rings is 1. The molecule has 1 aromatic rings. The van der Waals surface area contributed by atoms with Crippen LogP contribution in [0, 0.1) is 16.7 Å².